The first-order chi connectivity index (χ1) is 17.0. The topological polar surface area (TPSA) is 93.6 Å². The Morgan fingerprint density at radius 1 is 1.09 bits per heavy atom. The maximum absolute atomic E-state index is 13.6. The lowest BCUT2D eigenvalue weighted by atomic mass is 9.71. The molecule has 1 aromatic heterocycles. The third kappa shape index (κ3) is 3.54. The number of aromatic nitrogens is 2. The van der Waals surface area contributed by atoms with Crippen LogP contribution in [0.15, 0.2) is 46.0 Å². The average molecular weight is 476 g/mol. The number of carbonyl (C=O) groups excluding carboxylic acids is 1. The van der Waals surface area contributed by atoms with E-state index in [2.05, 4.69) is 24.0 Å². The monoisotopic (exact) mass is 475 g/mol. The van der Waals surface area contributed by atoms with E-state index >= 15 is 0 Å². The summed E-state index contributed by atoms with van der Waals surface area (Å²) in [5, 5.41) is 0.441. The Morgan fingerprint density at radius 2 is 1.80 bits per heavy atom. The summed E-state index contributed by atoms with van der Waals surface area (Å²) >= 11 is 0. The Bertz CT molecular complexity index is 1430. The molecule has 1 aliphatic carbocycles. The molecule has 2 aliphatic heterocycles. The molecule has 0 radical (unpaired) electrons. The van der Waals surface area contributed by atoms with E-state index in [0.29, 0.717) is 30.7 Å². The largest absolute Gasteiger partial charge is 0.486 e. The van der Waals surface area contributed by atoms with Crippen LogP contribution in [-0.2, 0) is 16.8 Å². The fourth-order valence-corrected chi connectivity index (χ4v) is 6.22. The number of benzene rings is 2. The number of nitrogens with zero attached hydrogens (tertiary/aromatic N) is 2. The van der Waals surface area contributed by atoms with Gasteiger partial charge in [0.15, 0.2) is 11.5 Å². The van der Waals surface area contributed by atoms with Gasteiger partial charge in [-0.3, -0.25) is 19.1 Å². The zero-order chi connectivity index (χ0) is 24.2. The molecule has 3 aliphatic rings. The van der Waals surface area contributed by atoms with Gasteiger partial charge in [-0.15, -0.1) is 0 Å². The molecule has 0 saturated heterocycles. The van der Waals surface area contributed by atoms with Gasteiger partial charge >= 0.3 is 5.69 Å². The summed E-state index contributed by atoms with van der Waals surface area (Å²) in [5.74, 6) is 1.56. The predicted octanol–water partition coefficient (Wildman–Crippen LogP) is 3.27. The Balaban J connectivity index is 1.32. The maximum Gasteiger partial charge on any atom is 0.328 e. The Hall–Kier alpha value is -3.55. The quantitative estimate of drug-likeness (QED) is 0.628. The molecule has 0 bridgehead atoms. The minimum Gasteiger partial charge on any atom is -0.486 e. The molecule has 35 heavy (non-hydrogen) atoms. The van der Waals surface area contributed by atoms with Crippen molar-refractivity contribution >= 4 is 16.8 Å². The summed E-state index contributed by atoms with van der Waals surface area (Å²) in [6.07, 6.45) is 4.54. The molecular formula is C27H29N3O5. The third-order valence-electron chi connectivity index (χ3n) is 8.01. The first-order valence-electron chi connectivity index (χ1n) is 12.4. The van der Waals surface area contributed by atoms with Crippen molar-refractivity contribution < 1.29 is 14.3 Å². The average Bonchev–Trinajstić information content (AvgIpc) is 3.34. The third-order valence-corrected chi connectivity index (χ3v) is 8.01. The van der Waals surface area contributed by atoms with Crippen molar-refractivity contribution in [2.45, 2.75) is 57.0 Å². The molecule has 1 atom stereocenters. The number of H-pyrrole nitrogens is 1. The molecule has 3 heterocycles. The number of aryl methyl sites for hydroxylation is 1. The maximum atomic E-state index is 13.6. The van der Waals surface area contributed by atoms with Crippen LogP contribution >= 0.6 is 0 Å². The second-order valence-corrected chi connectivity index (χ2v) is 9.95. The molecule has 8 heteroatoms. The normalized spacial score (nSPS) is 20.3. The fraction of sp³-hybridized carbons (Fsp3) is 0.444. The predicted molar refractivity (Wildman–Crippen MR) is 131 cm³/mol. The Kier molecular flexibility index (Phi) is 5.20. The number of hydrogen-bond donors (Lipinski definition) is 1. The number of rotatable bonds is 3. The van der Waals surface area contributed by atoms with Crippen LogP contribution in [0.3, 0.4) is 0 Å². The number of amides is 1. The molecule has 1 N–H and O–H groups in total. The first-order valence-corrected chi connectivity index (χ1v) is 12.4. The van der Waals surface area contributed by atoms with Crippen LogP contribution in [-0.4, -0.2) is 40.1 Å². The van der Waals surface area contributed by atoms with Crippen molar-refractivity contribution in [1.29, 1.82) is 0 Å². The van der Waals surface area contributed by atoms with Gasteiger partial charge in [0, 0.05) is 24.9 Å². The second-order valence-electron chi connectivity index (χ2n) is 9.95. The van der Waals surface area contributed by atoms with Crippen molar-refractivity contribution in [3.05, 3.63) is 68.4 Å². The standard InChI is InChI=1S/C27H29N3O5/c1-17-19-14-22-23(35-13-12-34-22)15-20(19)27(9-4-5-10-27)16-30(17)24(31)8-11-29-21-7-3-2-6-18(21)25(32)28-26(29)33/h2-3,6-7,14-15,17H,4-5,8-13,16H2,1H3,(H,28,32,33). The molecule has 1 saturated carbocycles. The fourth-order valence-electron chi connectivity index (χ4n) is 6.22. The summed E-state index contributed by atoms with van der Waals surface area (Å²) < 4.78 is 13.2. The zero-order valence-electron chi connectivity index (χ0n) is 19.8. The highest BCUT2D eigenvalue weighted by Crippen LogP contribution is 2.52. The molecule has 3 aromatic rings. The summed E-state index contributed by atoms with van der Waals surface area (Å²) in [5.41, 5.74) is 1.99. The van der Waals surface area contributed by atoms with E-state index in [4.69, 9.17) is 9.47 Å². The van der Waals surface area contributed by atoms with Crippen molar-refractivity contribution in [3.8, 4) is 11.5 Å². The van der Waals surface area contributed by atoms with Gasteiger partial charge < -0.3 is 14.4 Å². The van der Waals surface area contributed by atoms with Gasteiger partial charge in [0.25, 0.3) is 5.56 Å². The van der Waals surface area contributed by atoms with E-state index in [1.807, 2.05) is 4.90 Å². The number of hydrogen-bond acceptors (Lipinski definition) is 5. The van der Waals surface area contributed by atoms with Crippen molar-refractivity contribution in [2.24, 2.45) is 0 Å². The highest BCUT2D eigenvalue weighted by atomic mass is 16.6. The number of carbonyl (C=O) groups is 1. The van der Waals surface area contributed by atoms with Crippen LogP contribution in [0.2, 0.25) is 0 Å². The van der Waals surface area contributed by atoms with Crippen LogP contribution < -0.4 is 20.7 Å². The molecule has 1 unspecified atom stereocenters. The van der Waals surface area contributed by atoms with Crippen molar-refractivity contribution in [2.75, 3.05) is 19.8 Å². The lowest BCUT2D eigenvalue weighted by Crippen LogP contribution is -2.49. The van der Waals surface area contributed by atoms with Crippen molar-refractivity contribution in [1.82, 2.24) is 14.5 Å². The minimum absolute atomic E-state index is 0.00601. The van der Waals surface area contributed by atoms with E-state index in [9.17, 15) is 14.4 Å². The van der Waals surface area contributed by atoms with Gasteiger partial charge in [-0.25, -0.2) is 4.79 Å². The summed E-state index contributed by atoms with van der Waals surface area (Å²) in [6, 6.07) is 11.1. The van der Waals surface area contributed by atoms with E-state index in [0.717, 1.165) is 42.7 Å². The molecule has 8 nitrogen and oxygen atoms in total. The first kappa shape index (κ1) is 21.9. The van der Waals surface area contributed by atoms with Gasteiger partial charge in [-0.05, 0) is 55.2 Å². The van der Waals surface area contributed by atoms with E-state index in [-0.39, 0.29) is 30.3 Å². The second kappa shape index (κ2) is 8.29. The van der Waals surface area contributed by atoms with Gasteiger partial charge in [0.1, 0.15) is 13.2 Å². The summed E-state index contributed by atoms with van der Waals surface area (Å²) in [4.78, 5) is 42.7. The molecule has 182 valence electrons. The van der Waals surface area contributed by atoms with Crippen LogP contribution in [0.25, 0.3) is 10.9 Å². The van der Waals surface area contributed by atoms with Crippen molar-refractivity contribution in [3.63, 3.8) is 0 Å². The van der Waals surface area contributed by atoms with Gasteiger partial charge in [-0.1, -0.05) is 25.0 Å². The molecule has 1 fully saturated rings. The molecule has 1 amide bonds. The van der Waals surface area contributed by atoms with Gasteiger partial charge in [0.2, 0.25) is 5.91 Å². The number of ether oxygens (including phenoxy) is 2. The molecule has 6 rings (SSSR count). The molecule has 2 aromatic carbocycles. The number of nitrogens with one attached hydrogen (secondary N) is 1. The molecule has 1 spiro atoms. The van der Waals surface area contributed by atoms with Crippen LogP contribution in [0, 0.1) is 0 Å². The van der Waals surface area contributed by atoms with E-state index < -0.39 is 11.2 Å². The lowest BCUT2D eigenvalue weighted by Gasteiger charge is -2.46. The zero-order valence-corrected chi connectivity index (χ0v) is 19.8. The highest BCUT2D eigenvalue weighted by Gasteiger charge is 2.46. The van der Waals surface area contributed by atoms with Crippen LogP contribution in [0.1, 0.15) is 56.2 Å². The van der Waals surface area contributed by atoms with Crippen LogP contribution in [0.4, 0.5) is 0 Å². The minimum atomic E-state index is -0.491. The number of aromatic amines is 1. The SMILES string of the molecule is CC1c2cc3c(cc2C2(CCCC2)CN1C(=O)CCn1c(=O)[nH]c(=O)c2ccccc21)OCCO3. The summed E-state index contributed by atoms with van der Waals surface area (Å²) in [7, 11) is 0. The van der Waals surface area contributed by atoms with E-state index in [1.165, 1.54) is 10.1 Å². The Labute approximate surface area is 202 Å². The molecular weight excluding hydrogens is 446 g/mol. The van der Waals surface area contributed by atoms with Gasteiger partial charge in [0.05, 0.1) is 16.9 Å². The number of para-hydroxylation sites is 1. The van der Waals surface area contributed by atoms with Gasteiger partial charge in [-0.2, -0.15) is 0 Å². The smallest absolute Gasteiger partial charge is 0.328 e. The van der Waals surface area contributed by atoms with Crippen LogP contribution in [0.5, 0.6) is 11.5 Å². The summed E-state index contributed by atoms with van der Waals surface area (Å²) in [6.45, 7) is 4.02. The lowest BCUT2D eigenvalue weighted by molar-refractivity contribution is -0.135. The highest BCUT2D eigenvalue weighted by molar-refractivity contribution is 5.79. The number of fused-ring (bicyclic) bond motifs is 4. The Morgan fingerprint density at radius 3 is 2.57 bits per heavy atom. The van der Waals surface area contributed by atoms with E-state index in [1.54, 1.807) is 24.3 Å².